The smallest absolute Gasteiger partial charge is 0.280 e. The molecule has 0 saturated heterocycles. The molecule has 7 nitrogen and oxygen atoms in total. The Morgan fingerprint density at radius 3 is 2.71 bits per heavy atom. The lowest BCUT2D eigenvalue weighted by molar-refractivity contribution is 0.430. The van der Waals surface area contributed by atoms with E-state index in [1.54, 1.807) is 35.3 Å². The molecule has 0 radical (unpaired) electrons. The van der Waals surface area contributed by atoms with Crippen LogP contribution in [-0.4, -0.2) is 30.1 Å². The highest BCUT2D eigenvalue weighted by Gasteiger charge is 2.30. The van der Waals surface area contributed by atoms with E-state index in [1.807, 2.05) is 12.1 Å². The van der Waals surface area contributed by atoms with Gasteiger partial charge in [0.25, 0.3) is 5.89 Å². The van der Waals surface area contributed by atoms with Crippen LogP contribution >= 0.6 is 0 Å². The van der Waals surface area contributed by atoms with Gasteiger partial charge in [-0.3, -0.25) is 4.98 Å². The standard InChI is InChI=1S/C20H17FN6O/c21-15-9-3-4-10-16(15)27-18(13-6-1-2-7-13)17(24-26-27)20-23-19(25-28-20)14-8-5-11-22-12-14/h3-5,8-13H,1-2,6-7H2. The first-order valence-corrected chi connectivity index (χ1v) is 9.26. The predicted molar refractivity (Wildman–Crippen MR) is 99.0 cm³/mol. The molecule has 0 amide bonds. The first kappa shape index (κ1) is 16.7. The molecule has 1 saturated carbocycles. The van der Waals surface area contributed by atoms with E-state index in [2.05, 4.69) is 25.4 Å². The van der Waals surface area contributed by atoms with Gasteiger partial charge in [-0.1, -0.05) is 35.3 Å². The highest BCUT2D eigenvalue weighted by atomic mass is 19.1. The normalized spacial score (nSPS) is 14.6. The number of benzene rings is 1. The van der Waals surface area contributed by atoms with Crippen molar-refractivity contribution in [1.82, 2.24) is 30.1 Å². The van der Waals surface area contributed by atoms with Crippen molar-refractivity contribution in [2.75, 3.05) is 0 Å². The van der Waals surface area contributed by atoms with Crippen LogP contribution in [0.1, 0.15) is 37.3 Å². The second-order valence-corrected chi connectivity index (χ2v) is 6.83. The molecule has 28 heavy (non-hydrogen) atoms. The Balaban J connectivity index is 1.62. The fraction of sp³-hybridized carbons (Fsp3) is 0.250. The fourth-order valence-corrected chi connectivity index (χ4v) is 3.74. The van der Waals surface area contributed by atoms with Crippen LogP contribution in [0.5, 0.6) is 0 Å². The number of hydrogen-bond donors (Lipinski definition) is 0. The van der Waals surface area contributed by atoms with Crippen molar-refractivity contribution in [2.24, 2.45) is 0 Å². The van der Waals surface area contributed by atoms with Gasteiger partial charge in [-0.2, -0.15) is 4.98 Å². The molecule has 140 valence electrons. The first-order valence-electron chi connectivity index (χ1n) is 9.26. The minimum atomic E-state index is -0.347. The van der Waals surface area contributed by atoms with Gasteiger partial charge in [0.1, 0.15) is 11.5 Å². The molecule has 3 heterocycles. The Labute approximate surface area is 160 Å². The minimum absolute atomic E-state index is 0.221. The van der Waals surface area contributed by atoms with Gasteiger partial charge in [0.2, 0.25) is 5.82 Å². The number of hydrogen-bond acceptors (Lipinski definition) is 6. The molecule has 1 aliphatic rings. The van der Waals surface area contributed by atoms with Crippen molar-refractivity contribution in [3.63, 3.8) is 0 Å². The Kier molecular flexibility index (Phi) is 4.16. The van der Waals surface area contributed by atoms with E-state index in [9.17, 15) is 4.39 Å². The topological polar surface area (TPSA) is 82.5 Å². The summed E-state index contributed by atoms with van der Waals surface area (Å²) in [5.74, 6) is 0.586. The molecule has 8 heteroatoms. The molecule has 0 aliphatic heterocycles. The van der Waals surface area contributed by atoms with Crippen LogP contribution < -0.4 is 0 Å². The first-order chi connectivity index (χ1) is 13.8. The summed E-state index contributed by atoms with van der Waals surface area (Å²) in [6.07, 6.45) is 7.59. The maximum atomic E-state index is 14.4. The molecule has 0 unspecified atom stereocenters. The van der Waals surface area contributed by atoms with Crippen LogP contribution in [0.2, 0.25) is 0 Å². The molecular weight excluding hydrogens is 359 g/mol. The molecule has 5 rings (SSSR count). The molecule has 0 atom stereocenters. The molecule has 0 spiro atoms. The number of rotatable bonds is 4. The van der Waals surface area contributed by atoms with Gasteiger partial charge in [0.15, 0.2) is 5.69 Å². The summed E-state index contributed by atoms with van der Waals surface area (Å²) in [6.45, 7) is 0. The van der Waals surface area contributed by atoms with Crippen molar-refractivity contribution in [3.8, 4) is 28.7 Å². The summed E-state index contributed by atoms with van der Waals surface area (Å²) in [5.41, 5.74) is 2.46. The van der Waals surface area contributed by atoms with E-state index in [0.717, 1.165) is 36.9 Å². The second-order valence-electron chi connectivity index (χ2n) is 6.83. The zero-order valence-corrected chi connectivity index (χ0v) is 15.0. The van der Waals surface area contributed by atoms with Crippen LogP contribution in [0.15, 0.2) is 53.3 Å². The molecule has 3 aromatic heterocycles. The van der Waals surface area contributed by atoms with E-state index in [-0.39, 0.29) is 17.6 Å². The van der Waals surface area contributed by atoms with Gasteiger partial charge >= 0.3 is 0 Å². The number of pyridine rings is 1. The van der Waals surface area contributed by atoms with Crippen molar-refractivity contribution >= 4 is 0 Å². The number of nitrogens with zero attached hydrogens (tertiary/aromatic N) is 6. The number of para-hydroxylation sites is 1. The lowest BCUT2D eigenvalue weighted by Crippen LogP contribution is -2.08. The molecular formula is C20H17FN6O. The summed E-state index contributed by atoms with van der Waals surface area (Å²) in [5, 5.41) is 12.6. The van der Waals surface area contributed by atoms with Gasteiger partial charge < -0.3 is 4.52 Å². The molecule has 1 aliphatic carbocycles. The van der Waals surface area contributed by atoms with Gasteiger partial charge in [0.05, 0.1) is 5.69 Å². The zero-order chi connectivity index (χ0) is 18.9. The summed E-state index contributed by atoms with van der Waals surface area (Å²) in [6, 6.07) is 10.2. The Bertz CT molecular complexity index is 1100. The lowest BCUT2D eigenvalue weighted by Gasteiger charge is -2.13. The summed E-state index contributed by atoms with van der Waals surface area (Å²) in [7, 11) is 0. The lowest BCUT2D eigenvalue weighted by atomic mass is 10.0. The molecule has 0 N–H and O–H groups in total. The predicted octanol–water partition coefficient (Wildman–Crippen LogP) is 4.18. The Morgan fingerprint density at radius 1 is 1.07 bits per heavy atom. The SMILES string of the molecule is Fc1ccccc1-n1nnc(-c2nc(-c3cccnc3)no2)c1C1CCCC1. The van der Waals surface area contributed by atoms with Crippen molar-refractivity contribution in [1.29, 1.82) is 0 Å². The third kappa shape index (κ3) is 2.87. The average Bonchev–Trinajstić information content (AvgIpc) is 3.48. The highest BCUT2D eigenvalue weighted by Crippen LogP contribution is 2.39. The summed E-state index contributed by atoms with van der Waals surface area (Å²) >= 11 is 0. The minimum Gasteiger partial charge on any atom is -0.332 e. The van der Waals surface area contributed by atoms with Gasteiger partial charge in [0, 0.05) is 23.9 Å². The Hall–Kier alpha value is -3.42. The van der Waals surface area contributed by atoms with Crippen LogP contribution in [0.4, 0.5) is 4.39 Å². The van der Waals surface area contributed by atoms with Gasteiger partial charge in [-0.25, -0.2) is 9.07 Å². The maximum absolute atomic E-state index is 14.4. The number of aromatic nitrogens is 6. The van der Waals surface area contributed by atoms with Crippen LogP contribution in [0.3, 0.4) is 0 Å². The van der Waals surface area contributed by atoms with Crippen LogP contribution in [-0.2, 0) is 0 Å². The molecule has 4 aromatic rings. The largest absolute Gasteiger partial charge is 0.332 e. The summed E-state index contributed by atoms with van der Waals surface area (Å²) < 4.78 is 21.5. The van der Waals surface area contributed by atoms with Crippen LogP contribution in [0, 0.1) is 5.82 Å². The molecule has 0 bridgehead atoms. The van der Waals surface area contributed by atoms with Crippen LogP contribution in [0.25, 0.3) is 28.7 Å². The fourth-order valence-electron chi connectivity index (χ4n) is 3.74. The average molecular weight is 376 g/mol. The van der Waals surface area contributed by atoms with E-state index in [4.69, 9.17) is 4.52 Å². The van der Waals surface area contributed by atoms with Gasteiger partial charge in [-0.05, 0) is 37.1 Å². The maximum Gasteiger partial charge on any atom is 0.280 e. The van der Waals surface area contributed by atoms with E-state index in [1.165, 1.54) is 6.07 Å². The molecule has 1 fully saturated rings. The highest BCUT2D eigenvalue weighted by molar-refractivity contribution is 5.59. The zero-order valence-electron chi connectivity index (χ0n) is 15.0. The quantitative estimate of drug-likeness (QED) is 0.531. The van der Waals surface area contributed by atoms with Crippen molar-refractivity contribution in [3.05, 3.63) is 60.3 Å². The number of halogens is 1. The van der Waals surface area contributed by atoms with Crippen molar-refractivity contribution in [2.45, 2.75) is 31.6 Å². The van der Waals surface area contributed by atoms with E-state index < -0.39 is 0 Å². The van der Waals surface area contributed by atoms with Crippen molar-refractivity contribution < 1.29 is 8.91 Å². The van der Waals surface area contributed by atoms with E-state index >= 15 is 0 Å². The van der Waals surface area contributed by atoms with Gasteiger partial charge in [-0.15, -0.1) is 5.10 Å². The third-order valence-corrected chi connectivity index (χ3v) is 5.08. The summed E-state index contributed by atoms with van der Waals surface area (Å²) in [4.78, 5) is 8.57. The third-order valence-electron chi connectivity index (χ3n) is 5.08. The Morgan fingerprint density at radius 2 is 1.93 bits per heavy atom. The molecule has 1 aromatic carbocycles. The second kappa shape index (κ2) is 6.95. The van der Waals surface area contributed by atoms with E-state index in [0.29, 0.717) is 17.2 Å². The monoisotopic (exact) mass is 376 g/mol.